The lowest BCUT2D eigenvalue weighted by Gasteiger charge is -2.22. The van der Waals surface area contributed by atoms with Crippen LogP contribution in [0.3, 0.4) is 0 Å². The summed E-state index contributed by atoms with van der Waals surface area (Å²) in [5.74, 6) is 0. The molecule has 1 N–H and O–H groups in total. The fourth-order valence-electron chi connectivity index (χ4n) is 1.32. The van der Waals surface area contributed by atoms with Crippen LogP contribution in [-0.2, 0) is 10.0 Å². The maximum absolute atomic E-state index is 12.2. The van der Waals surface area contributed by atoms with Crippen molar-refractivity contribution in [3.63, 3.8) is 0 Å². The predicted molar refractivity (Wildman–Crippen MR) is 68.1 cm³/mol. The average Bonchev–Trinajstić information content (AvgIpc) is 2.31. The molecule has 0 atom stereocenters. The largest absolute Gasteiger partial charge is 0.294 e. The lowest BCUT2D eigenvalue weighted by atomic mass is 10.4. The van der Waals surface area contributed by atoms with E-state index in [9.17, 15) is 8.42 Å². The molecule has 0 aliphatic heterocycles. The van der Waals surface area contributed by atoms with E-state index in [1.54, 1.807) is 25.2 Å². The van der Waals surface area contributed by atoms with Crippen molar-refractivity contribution < 1.29 is 8.42 Å². The third kappa shape index (κ3) is 2.92. The van der Waals surface area contributed by atoms with Gasteiger partial charge in [0, 0.05) is 20.3 Å². The summed E-state index contributed by atoms with van der Waals surface area (Å²) in [5, 5.41) is 0. The molecule has 6 heteroatoms. The van der Waals surface area contributed by atoms with Crippen LogP contribution in [0.25, 0.3) is 0 Å². The molecule has 0 saturated heterocycles. The van der Waals surface area contributed by atoms with E-state index in [4.69, 9.17) is 0 Å². The van der Waals surface area contributed by atoms with Crippen molar-refractivity contribution in [1.29, 1.82) is 0 Å². The Kier molecular flexibility index (Phi) is 4.42. The fourth-order valence-corrected chi connectivity index (χ4v) is 2.63. The third-order valence-electron chi connectivity index (χ3n) is 2.02. The molecule has 0 aliphatic carbocycles. The van der Waals surface area contributed by atoms with E-state index < -0.39 is 10.0 Å². The number of nitrogens with one attached hydrogen (secondary N) is 1. The Hall–Kier alpha value is -1.66. The number of hydrogen-bond acceptors (Lipinski definition) is 4. The van der Waals surface area contributed by atoms with Crippen molar-refractivity contribution in [2.24, 2.45) is 4.99 Å². The van der Waals surface area contributed by atoms with Crippen LogP contribution in [0.4, 0.5) is 0 Å². The molecule has 0 bridgehead atoms. The molecule has 0 aromatic heterocycles. The summed E-state index contributed by atoms with van der Waals surface area (Å²) in [7, 11) is -0.582. The molecule has 0 fully saturated rings. The summed E-state index contributed by atoms with van der Waals surface area (Å²) in [6, 6.07) is 8.13. The highest BCUT2D eigenvalue weighted by molar-refractivity contribution is 7.89. The monoisotopic (exact) mass is 253 g/mol. The average molecular weight is 253 g/mol. The van der Waals surface area contributed by atoms with Gasteiger partial charge in [-0.3, -0.25) is 4.99 Å². The van der Waals surface area contributed by atoms with Gasteiger partial charge in [-0.1, -0.05) is 24.8 Å². The van der Waals surface area contributed by atoms with E-state index in [1.807, 2.05) is 0 Å². The molecule has 0 amide bonds. The maximum atomic E-state index is 12.2. The normalized spacial score (nSPS) is 11.6. The molecule has 0 aliphatic rings. The minimum Gasteiger partial charge on any atom is -0.294 e. The number of hydrogen-bond donors (Lipinski definition) is 1. The molecule has 1 rings (SSSR count). The van der Waals surface area contributed by atoms with Crippen LogP contribution in [0.5, 0.6) is 0 Å². The number of rotatable bonds is 5. The summed E-state index contributed by atoms with van der Waals surface area (Å²) in [6.07, 6.45) is 1.37. The number of allylic oxidation sites excluding steroid dienone is 1. The second-order valence-electron chi connectivity index (χ2n) is 3.18. The molecular formula is C11H15N3O2S. The first-order chi connectivity index (χ1) is 8.04. The first-order valence-corrected chi connectivity index (χ1v) is 6.37. The van der Waals surface area contributed by atoms with Crippen LogP contribution >= 0.6 is 0 Å². The lowest BCUT2D eigenvalue weighted by Crippen LogP contribution is -2.39. The van der Waals surface area contributed by atoms with Crippen LogP contribution in [0, 0.1) is 0 Å². The van der Waals surface area contributed by atoms with E-state index in [-0.39, 0.29) is 10.6 Å². The molecule has 1 aromatic rings. The van der Waals surface area contributed by atoms with E-state index in [0.717, 1.165) is 4.41 Å². The molecule has 0 unspecified atom stereocenters. The summed E-state index contributed by atoms with van der Waals surface area (Å²) in [5.41, 5.74) is 2.83. The van der Waals surface area contributed by atoms with Crippen molar-refractivity contribution in [2.45, 2.75) is 4.90 Å². The Morgan fingerprint density at radius 3 is 2.47 bits per heavy atom. The van der Waals surface area contributed by atoms with Crippen LogP contribution in [0.2, 0.25) is 0 Å². The van der Waals surface area contributed by atoms with Crippen LogP contribution in [-0.4, -0.2) is 33.1 Å². The van der Waals surface area contributed by atoms with Gasteiger partial charge in [0.15, 0.2) is 0 Å². The fraction of sp³-hybridized carbons (Fsp3) is 0.182. The highest BCUT2D eigenvalue weighted by atomic mass is 32.2. The zero-order valence-corrected chi connectivity index (χ0v) is 10.6. The van der Waals surface area contributed by atoms with E-state index in [1.165, 1.54) is 25.4 Å². The number of hydrazine groups is 1. The smallest absolute Gasteiger partial charge is 0.277 e. The Labute approximate surface area is 102 Å². The quantitative estimate of drug-likeness (QED) is 0.629. The highest BCUT2D eigenvalue weighted by Gasteiger charge is 2.23. The van der Waals surface area contributed by atoms with Gasteiger partial charge in [-0.25, -0.2) is 5.43 Å². The van der Waals surface area contributed by atoms with Gasteiger partial charge in [-0.05, 0) is 12.1 Å². The lowest BCUT2D eigenvalue weighted by molar-refractivity contribution is 0.427. The van der Waals surface area contributed by atoms with Gasteiger partial charge in [0.25, 0.3) is 10.0 Å². The van der Waals surface area contributed by atoms with Gasteiger partial charge < -0.3 is 0 Å². The second kappa shape index (κ2) is 5.60. The first-order valence-electron chi connectivity index (χ1n) is 4.93. The van der Waals surface area contributed by atoms with Crippen LogP contribution in [0.15, 0.2) is 52.5 Å². The van der Waals surface area contributed by atoms with E-state index in [2.05, 4.69) is 17.0 Å². The van der Waals surface area contributed by atoms with Gasteiger partial charge >= 0.3 is 0 Å². The van der Waals surface area contributed by atoms with Gasteiger partial charge in [-0.2, -0.15) is 12.8 Å². The summed E-state index contributed by atoms with van der Waals surface area (Å²) >= 11 is 0. The summed E-state index contributed by atoms with van der Waals surface area (Å²) in [4.78, 5) is 3.94. The molecule has 17 heavy (non-hydrogen) atoms. The Morgan fingerprint density at radius 1 is 1.41 bits per heavy atom. The predicted octanol–water partition coefficient (Wildman–Crippen LogP) is 1.03. The number of sulfonamides is 1. The molecule has 0 spiro atoms. The first kappa shape index (κ1) is 13.4. The van der Waals surface area contributed by atoms with Gasteiger partial charge in [-0.15, -0.1) is 0 Å². The standard InChI is InChI=1S/C11H15N3O2S/c1-10(9-12-2)14(13-3)17(15,16)11-7-5-4-6-8-11/h4-9,13H,1H2,2-3H3. The van der Waals surface area contributed by atoms with E-state index >= 15 is 0 Å². The van der Waals surface area contributed by atoms with Gasteiger partial charge in [0.05, 0.1) is 10.6 Å². The zero-order valence-electron chi connectivity index (χ0n) is 9.79. The van der Waals surface area contributed by atoms with Crippen LogP contribution in [0.1, 0.15) is 0 Å². The maximum Gasteiger partial charge on any atom is 0.277 e. The van der Waals surface area contributed by atoms with Crippen molar-refractivity contribution in [3.8, 4) is 0 Å². The van der Waals surface area contributed by atoms with Crippen molar-refractivity contribution in [3.05, 3.63) is 42.6 Å². The molecule has 0 heterocycles. The molecule has 1 aromatic carbocycles. The Balaban J connectivity index is 3.16. The Bertz CT molecular complexity index is 509. The topological polar surface area (TPSA) is 61.8 Å². The van der Waals surface area contributed by atoms with E-state index in [0.29, 0.717) is 0 Å². The van der Waals surface area contributed by atoms with Crippen LogP contribution < -0.4 is 5.43 Å². The number of benzene rings is 1. The Morgan fingerprint density at radius 2 is 2.00 bits per heavy atom. The number of aliphatic imine (C=N–C) groups is 1. The van der Waals surface area contributed by atoms with Gasteiger partial charge in [0.2, 0.25) is 0 Å². The molecular weight excluding hydrogens is 238 g/mol. The molecule has 5 nitrogen and oxygen atoms in total. The SMILES string of the molecule is C=C(C=NC)N(NC)S(=O)(=O)c1ccccc1. The van der Waals surface area contributed by atoms with Crippen molar-refractivity contribution in [1.82, 2.24) is 9.84 Å². The third-order valence-corrected chi connectivity index (χ3v) is 3.79. The van der Waals surface area contributed by atoms with Crippen molar-refractivity contribution >= 4 is 16.2 Å². The molecule has 92 valence electrons. The van der Waals surface area contributed by atoms with Gasteiger partial charge in [0.1, 0.15) is 0 Å². The minimum atomic E-state index is -3.64. The zero-order chi connectivity index (χ0) is 12.9. The summed E-state index contributed by atoms with van der Waals surface area (Å²) in [6.45, 7) is 3.64. The number of nitrogens with zero attached hydrogens (tertiary/aromatic N) is 2. The summed E-state index contributed by atoms with van der Waals surface area (Å²) < 4.78 is 25.4. The molecule has 0 saturated carbocycles. The molecule has 0 radical (unpaired) electrons. The van der Waals surface area contributed by atoms with Crippen molar-refractivity contribution in [2.75, 3.05) is 14.1 Å². The highest BCUT2D eigenvalue weighted by Crippen LogP contribution is 2.15. The second-order valence-corrected chi connectivity index (χ2v) is 4.97. The minimum absolute atomic E-state index is 0.194.